The topological polar surface area (TPSA) is 44.2 Å². The Hall–Kier alpha value is -2.10. The maximum Gasteiger partial charge on any atom is 0.137 e. The van der Waals surface area contributed by atoms with E-state index in [1.54, 1.807) is 32.7 Å². The van der Waals surface area contributed by atoms with E-state index in [0.717, 1.165) is 11.3 Å². The first-order chi connectivity index (χ1) is 7.85. The summed E-state index contributed by atoms with van der Waals surface area (Å²) in [6.07, 6.45) is 6.14. The van der Waals surface area contributed by atoms with Crippen LogP contribution in [0.15, 0.2) is 30.6 Å². The van der Waals surface area contributed by atoms with Gasteiger partial charge >= 0.3 is 0 Å². The molecule has 0 aliphatic heterocycles. The van der Waals surface area contributed by atoms with E-state index in [1.807, 2.05) is 12.1 Å². The molecule has 0 atom stereocenters. The third-order valence-corrected chi connectivity index (χ3v) is 2.17. The van der Waals surface area contributed by atoms with E-state index < -0.39 is 0 Å². The molecule has 0 saturated heterocycles. The largest absolute Gasteiger partial charge is 0.496 e. The number of methoxy groups -OCH3 is 2. The Bertz CT molecular complexity index is 469. The molecule has 2 heterocycles. The summed E-state index contributed by atoms with van der Waals surface area (Å²) in [5.41, 5.74) is 1.50. The van der Waals surface area contributed by atoms with Crippen LogP contribution in [0.1, 0.15) is 0 Å². The van der Waals surface area contributed by atoms with Crippen LogP contribution in [0.3, 0.4) is 0 Å². The lowest BCUT2D eigenvalue weighted by Gasteiger charge is -2.06. The molecule has 2 aromatic heterocycles. The van der Waals surface area contributed by atoms with Crippen molar-refractivity contribution in [1.29, 1.82) is 0 Å². The smallest absolute Gasteiger partial charge is 0.137 e. The predicted octanol–water partition coefficient (Wildman–Crippen LogP) is 1.96. The van der Waals surface area contributed by atoms with E-state index in [-0.39, 0.29) is 0 Å². The summed E-state index contributed by atoms with van der Waals surface area (Å²) in [4.78, 5) is 8.19. The highest BCUT2D eigenvalue weighted by Crippen LogP contribution is 2.27. The fourth-order valence-electron chi connectivity index (χ4n) is 1.35. The third kappa shape index (κ3) is 1.95. The maximum absolute atomic E-state index is 5.21. The standard InChI is InChI=1S/C12H11N2O2/c1-15-9-3-4-11(14-7-9)10-8-13-6-5-12(10)16-2/h3-7H,1-2H3. The van der Waals surface area contributed by atoms with Gasteiger partial charge in [0.15, 0.2) is 0 Å². The number of hydrogen-bond donors (Lipinski definition) is 0. The van der Waals surface area contributed by atoms with Crippen molar-refractivity contribution in [3.05, 3.63) is 36.8 Å². The van der Waals surface area contributed by atoms with E-state index in [0.29, 0.717) is 11.5 Å². The Labute approximate surface area is 93.9 Å². The third-order valence-electron chi connectivity index (χ3n) is 2.17. The summed E-state index contributed by atoms with van der Waals surface area (Å²) in [7, 11) is 3.21. The van der Waals surface area contributed by atoms with Crippen LogP contribution >= 0.6 is 0 Å². The molecule has 2 rings (SSSR count). The molecule has 0 unspecified atom stereocenters. The Kier molecular flexibility index (Phi) is 3.00. The van der Waals surface area contributed by atoms with Gasteiger partial charge in [-0.3, -0.25) is 9.97 Å². The monoisotopic (exact) mass is 215 g/mol. The van der Waals surface area contributed by atoms with Crippen LogP contribution in [0.4, 0.5) is 0 Å². The molecular formula is C12H11N2O2. The first kappa shape index (κ1) is 10.4. The fourth-order valence-corrected chi connectivity index (χ4v) is 1.35. The summed E-state index contributed by atoms with van der Waals surface area (Å²) in [6, 6.07) is 5.45. The molecule has 2 aromatic rings. The van der Waals surface area contributed by atoms with Gasteiger partial charge < -0.3 is 9.47 Å². The molecule has 0 aromatic carbocycles. The second-order valence-electron chi connectivity index (χ2n) is 3.08. The fraction of sp³-hybridized carbons (Fsp3) is 0.167. The molecule has 0 bridgehead atoms. The minimum atomic E-state index is 0.702. The van der Waals surface area contributed by atoms with E-state index in [1.165, 1.54) is 0 Å². The molecule has 16 heavy (non-hydrogen) atoms. The predicted molar refractivity (Wildman–Crippen MR) is 59.4 cm³/mol. The lowest BCUT2D eigenvalue weighted by molar-refractivity contribution is 0.412. The van der Waals surface area contributed by atoms with Gasteiger partial charge in [0.05, 0.1) is 31.7 Å². The van der Waals surface area contributed by atoms with Gasteiger partial charge in [0.25, 0.3) is 0 Å². The first-order valence-corrected chi connectivity index (χ1v) is 4.76. The molecule has 81 valence electrons. The number of pyridine rings is 2. The number of aromatic nitrogens is 2. The van der Waals surface area contributed by atoms with Crippen LogP contribution in [-0.4, -0.2) is 24.2 Å². The van der Waals surface area contributed by atoms with Crippen LogP contribution in [0.2, 0.25) is 0 Å². The van der Waals surface area contributed by atoms with Crippen molar-refractivity contribution < 1.29 is 9.47 Å². The van der Waals surface area contributed by atoms with Gasteiger partial charge in [0.2, 0.25) is 0 Å². The molecule has 0 spiro atoms. The molecule has 0 aliphatic rings. The van der Waals surface area contributed by atoms with Gasteiger partial charge in [-0.05, 0) is 18.2 Å². The Morgan fingerprint density at radius 3 is 2.62 bits per heavy atom. The van der Waals surface area contributed by atoms with Gasteiger partial charge in [-0.2, -0.15) is 0 Å². The van der Waals surface area contributed by atoms with E-state index in [4.69, 9.17) is 9.47 Å². The van der Waals surface area contributed by atoms with Crippen LogP contribution < -0.4 is 9.47 Å². The van der Waals surface area contributed by atoms with Crippen molar-refractivity contribution in [2.75, 3.05) is 14.2 Å². The highest BCUT2D eigenvalue weighted by molar-refractivity contribution is 5.65. The molecule has 0 N–H and O–H groups in total. The highest BCUT2D eigenvalue weighted by Gasteiger charge is 2.07. The molecule has 0 amide bonds. The van der Waals surface area contributed by atoms with Crippen molar-refractivity contribution in [3.8, 4) is 22.8 Å². The number of nitrogens with zero attached hydrogens (tertiary/aromatic N) is 2. The molecule has 0 saturated carbocycles. The van der Waals surface area contributed by atoms with Crippen molar-refractivity contribution in [3.63, 3.8) is 0 Å². The summed E-state index contributed by atoms with van der Waals surface area (Å²) >= 11 is 0. The van der Waals surface area contributed by atoms with Gasteiger partial charge in [0, 0.05) is 6.20 Å². The van der Waals surface area contributed by atoms with Crippen molar-refractivity contribution in [2.45, 2.75) is 0 Å². The van der Waals surface area contributed by atoms with Crippen LogP contribution in [0.5, 0.6) is 11.5 Å². The first-order valence-electron chi connectivity index (χ1n) is 4.76. The normalized spacial score (nSPS) is 9.88. The van der Waals surface area contributed by atoms with Crippen molar-refractivity contribution in [1.82, 2.24) is 9.97 Å². The van der Waals surface area contributed by atoms with E-state index >= 15 is 0 Å². The highest BCUT2D eigenvalue weighted by atomic mass is 16.5. The minimum Gasteiger partial charge on any atom is -0.496 e. The van der Waals surface area contributed by atoms with Gasteiger partial charge in [0.1, 0.15) is 17.7 Å². The Morgan fingerprint density at radius 1 is 1.12 bits per heavy atom. The quantitative estimate of drug-likeness (QED) is 0.785. The van der Waals surface area contributed by atoms with Gasteiger partial charge in [-0.1, -0.05) is 0 Å². The zero-order chi connectivity index (χ0) is 11.4. The van der Waals surface area contributed by atoms with Crippen LogP contribution in [0, 0.1) is 6.20 Å². The summed E-state index contributed by atoms with van der Waals surface area (Å²) in [5, 5.41) is 0. The average Bonchev–Trinajstić information content (AvgIpc) is 2.39. The van der Waals surface area contributed by atoms with E-state index in [2.05, 4.69) is 16.2 Å². The SMILES string of the molecule is COc1ccc(-c2[c]nccc2OC)nc1. The summed E-state index contributed by atoms with van der Waals surface area (Å²) in [6.45, 7) is 0. The van der Waals surface area contributed by atoms with Crippen LogP contribution in [0.25, 0.3) is 11.3 Å². The zero-order valence-corrected chi connectivity index (χ0v) is 9.10. The minimum absolute atomic E-state index is 0.702. The molecule has 0 aliphatic carbocycles. The van der Waals surface area contributed by atoms with Crippen LogP contribution in [-0.2, 0) is 0 Å². The van der Waals surface area contributed by atoms with Crippen molar-refractivity contribution >= 4 is 0 Å². The summed E-state index contributed by atoms with van der Waals surface area (Å²) in [5.74, 6) is 1.42. The number of rotatable bonds is 3. The second kappa shape index (κ2) is 4.61. The van der Waals surface area contributed by atoms with Crippen molar-refractivity contribution in [2.24, 2.45) is 0 Å². The Morgan fingerprint density at radius 2 is 2.00 bits per heavy atom. The zero-order valence-electron chi connectivity index (χ0n) is 9.10. The Balaban J connectivity index is 2.42. The molecule has 4 heteroatoms. The second-order valence-corrected chi connectivity index (χ2v) is 3.08. The molecule has 0 fully saturated rings. The molecule has 1 radical (unpaired) electrons. The summed E-state index contributed by atoms with van der Waals surface area (Å²) < 4.78 is 10.3. The number of ether oxygens (including phenoxy) is 2. The van der Waals surface area contributed by atoms with Gasteiger partial charge in [-0.25, -0.2) is 0 Å². The lowest BCUT2D eigenvalue weighted by atomic mass is 10.2. The molecule has 4 nitrogen and oxygen atoms in total. The maximum atomic E-state index is 5.21. The lowest BCUT2D eigenvalue weighted by Crippen LogP contribution is -1.92. The average molecular weight is 215 g/mol. The number of hydrogen-bond acceptors (Lipinski definition) is 4. The van der Waals surface area contributed by atoms with E-state index in [9.17, 15) is 0 Å². The molecular weight excluding hydrogens is 204 g/mol. The van der Waals surface area contributed by atoms with Gasteiger partial charge in [-0.15, -0.1) is 0 Å².